The number of aliphatic hydroxyl groups is 1. The van der Waals surface area contributed by atoms with Gasteiger partial charge in [0.15, 0.2) is 0 Å². The number of nitrogens with one attached hydrogen (secondary N) is 2. The summed E-state index contributed by atoms with van der Waals surface area (Å²) in [5, 5.41) is 24.4. The molecule has 4 amide bonds. The minimum atomic E-state index is -0.539. The molecule has 0 aromatic rings. The van der Waals surface area contributed by atoms with Gasteiger partial charge in [-0.1, -0.05) is 0 Å². The number of rotatable bonds is 12. The van der Waals surface area contributed by atoms with E-state index in [0.29, 0.717) is 19.3 Å². The highest BCUT2D eigenvalue weighted by Crippen LogP contribution is 2.24. The van der Waals surface area contributed by atoms with Crippen LogP contribution in [0.5, 0.6) is 0 Å². The molecule has 2 heterocycles. The molecule has 0 aliphatic carbocycles. The van der Waals surface area contributed by atoms with E-state index in [9.17, 15) is 24.3 Å². The summed E-state index contributed by atoms with van der Waals surface area (Å²) in [4.78, 5) is 49.9. The fourth-order valence-corrected chi connectivity index (χ4v) is 3.57. The molecule has 3 atom stereocenters. The van der Waals surface area contributed by atoms with Gasteiger partial charge in [0, 0.05) is 55.8 Å². The van der Waals surface area contributed by atoms with Gasteiger partial charge in [-0.2, -0.15) is 0 Å². The van der Waals surface area contributed by atoms with Crippen molar-refractivity contribution in [2.24, 2.45) is 5.92 Å². The molecule has 0 fully saturated rings. The van der Waals surface area contributed by atoms with Gasteiger partial charge in [0.05, 0.1) is 0 Å². The molecule has 2 aliphatic rings. The van der Waals surface area contributed by atoms with Crippen LogP contribution in [-0.2, 0) is 19.2 Å². The van der Waals surface area contributed by atoms with Crippen LogP contribution < -0.4 is 0 Å². The maximum Gasteiger partial charge on any atom is 0.253 e. The van der Waals surface area contributed by atoms with Crippen molar-refractivity contribution in [1.29, 1.82) is 10.8 Å². The van der Waals surface area contributed by atoms with E-state index >= 15 is 0 Å². The molecule has 0 bridgehead atoms. The second-order valence-electron chi connectivity index (χ2n) is 6.81. The highest BCUT2D eigenvalue weighted by atomic mass is 16.3. The van der Waals surface area contributed by atoms with E-state index in [1.807, 2.05) is 0 Å². The van der Waals surface area contributed by atoms with Crippen molar-refractivity contribution in [3.63, 3.8) is 0 Å². The summed E-state index contributed by atoms with van der Waals surface area (Å²) in [6, 6.07) is -1.03. The van der Waals surface area contributed by atoms with E-state index < -0.39 is 35.7 Å². The van der Waals surface area contributed by atoms with Crippen molar-refractivity contribution in [3.05, 3.63) is 24.3 Å². The van der Waals surface area contributed by atoms with Crippen molar-refractivity contribution in [2.45, 2.75) is 44.2 Å². The normalized spacial score (nSPS) is 18.2. The number of carbonyl (C=O) groups excluding carboxylic acids is 4. The van der Waals surface area contributed by atoms with Crippen LogP contribution in [0.4, 0.5) is 0 Å². The summed E-state index contributed by atoms with van der Waals surface area (Å²) in [7, 11) is 0. The Morgan fingerprint density at radius 1 is 0.767 bits per heavy atom. The summed E-state index contributed by atoms with van der Waals surface area (Å²) in [6.45, 7) is -0.199. The second kappa shape index (κ2) is 12.5. The fraction of sp³-hybridized carbons (Fsp3) is 0.474. The van der Waals surface area contributed by atoms with E-state index in [1.165, 1.54) is 24.3 Å². The van der Waals surface area contributed by atoms with Crippen molar-refractivity contribution in [1.82, 2.24) is 9.80 Å². The molecule has 0 saturated carbocycles. The number of hydrogen-bond acceptors (Lipinski definition) is 7. The van der Waals surface area contributed by atoms with Gasteiger partial charge in [-0.25, -0.2) is 0 Å². The van der Waals surface area contributed by atoms with Gasteiger partial charge in [-0.05, 0) is 37.6 Å². The Hall–Kier alpha value is -3.02. The van der Waals surface area contributed by atoms with E-state index in [1.54, 1.807) is 0 Å². The van der Waals surface area contributed by atoms with E-state index in [0.717, 1.165) is 22.2 Å². The molecule has 0 aromatic carbocycles. The Labute approximate surface area is 173 Å². The number of imide groups is 2. The molecule has 0 spiro atoms. The Morgan fingerprint density at radius 2 is 1.17 bits per heavy atom. The molecule has 7 N–H and O–H groups in total. The summed E-state index contributed by atoms with van der Waals surface area (Å²) >= 11 is 0. The topological polar surface area (TPSA) is 206 Å². The van der Waals surface area contributed by atoms with Gasteiger partial charge >= 0.3 is 0 Å². The van der Waals surface area contributed by atoms with Gasteiger partial charge in [-0.15, -0.1) is 0 Å². The predicted molar refractivity (Wildman–Crippen MR) is 108 cm³/mol. The van der Waals surface area contributed by atoms with Gasteiger partial charge < -0.3 is 26.9 Å². The molecular weight excluding hydrogens is 396 g/mol. The maximum absolute atomic E-state index is 11.9. The van der Waals surface area contributed by atoms with Crippen LogP contribution in [0.15, 0.2) is 24.3 Å². The summed E-state index contributed by atoms with van der Waals surface area (Å²) < 4.78 is 0. The lowest BCUT2D eigenvalue weighted by Gasteiger charge is -2.30. The second-order valence-corrected chi connectivity index (χ2v) is 6.81. The standard InChI is InChI=1S/C19H24N4O5.2H2O/c20-9-7-14(22-16(25)3-4-17(22)26)2-1-13(12-24)11-15(8-10-21)23-18(27)5-6-19(23)28;;/h3-6,9-10,13-15,20-21,24H,1-2,7-8,11-12H2;2*1H2. The van der Waals surface area contributed by atoms with Gasteiger partial charge in [-0.3, -0.25) is 29.0 Å². The van der Waals surface area contributed by atoms with Crippen LogP contribution in [0.1, 0.15) is 32.1 Å². The monoisotopic (exact) mass is 424 g/mol. The fourth-order valence-electron chi connectivity index (χ4n) is 3.57. The molecule has 166 valence electrons. The zero-order chi connectivity index (χ0) is 20.7. The summed E-state index contributed by atoms with van der Waals surface area (Å²) in [5.74, 6) is -2.00. The minimum Gasteiger partial charge on any atom is -0.412 e. The summed E-state index contributed by atoms with van der Waals surface area (Å²) in [6.07, 6.45) is 8.56. The van der Waals surface area contributed by atoms with Crippen molar-refractivity contribution in [3.8, 4) is 0 Å². The minimum absolute atomic E-state index is 0. The first-order valence-electron chi connectivity index (χ1n) is 9.12. The van der Waals surface area contributed by atoms with Crippen LogP contribution in [0.25, 0.3) is 0 Å². The highest BCUT2D eigenvalue weighted by Gasteiger charge is 2.34. The lowest BCUT2D eigenvalue weighted by Crippen LogP contribution is -2.42. The predicted octanol–water partition coefficient (Wildman–Crippen LogP) is -1.22. The SMILES string of the molecule is N=CCC(CCC(CO)CC(CC=N)N1C(=O)C=CC1=O)N1C(=O)C=CC1=O.O.O. The number of carbonyl (C=O) groups is 4. The van der Waals surface area contributed by atoms with Crippen LogP contribution in [-0.4, -0.2) is 80.6 Å². The smallest absolute Gasteiger partial charge is 0.253 e. The molecule has 30 heavy (non-hydrogen) atoms. The van der Waals surface area contributed by atoms with Crippen molar-refractivity contribution < 1.29 is 35.2 Å². The largest absolute Gasteiger partial charge is 0.412 e. The van der Waals surface area contributed by atoms with E-state index in [2.05, 4.69) is 0 Å². The first-order chi connectivity index (χ1) is 13.4. The third kappa shape index (κ3) is 6.24. The Balaban J connectivity index is 0.00000420. The Morgan fingerprint density at radius 3 is 1.57 bits per heavy atom. The quantitative estimate of drug-likeness (QED) is 0.259. The van der Waals surface area contributed by atoms with E-state index in [-0.39, 0.29) is 36.3 Å². The molecule has 0 radical (unpaired) electrons. The first-order valence-corrected chi connectivity index (χ1v) is 9.12. The third-order valence-corrected chi connectivity index (χ3v) is 4.97. The van der Waals surface area contributed by atoms with Crippen LogP contribution >= 0.6 is 0 Å². The maximum atomic E-state index is 11.9. The molecular formula is C19H28N4O7. The first kappa shape index (κ1) is 27.0. The Bertz CT molecular complexity index is 698. The average molecular weight is 424 g/mol. The molecule has 2 aliphatic heterocycles. The number of nitrogens with zero attached hydrogens (tertiary/aromatic N) is 2. The lowest BCUT2D eigenvalue weighted by molar-refractivity contribution is -0.141. The zero-order valence-electron chi connectivity index (χ0n) is 16.4. The molecule has 11 heteroatoms. The van der Waals surface area contributed by atoms with Gasteiger partial charge in [0.25, 0.3) is 23.6 Å². The molecule has 3 unspecified atom stereocenters. The van der Waals surface area contributed by atoms with Crippen LogP contribution in [0.2, 0.25) is 0 Å². The molecule has 0 saturated heterocycles. The van der Waals surface area contributed by atoms with Gasteiger partial charge in [0.2, 0.25) is 0 Å². The average Bonchev–Trinajstić information content (AvgIpc) is 3.18. The highest BCUT2D eigenvalue weighted by molar-refractivity contribution is 6.13. The number of amides is 4. The lowest BCUT2D eigenvalue weighted by atomic mass is 9.91. The van der Waals surface area contributed by atoms with Gasteiger partial charge in [0.1, 0.15) is 0 Å². The molecule has 0 aromatic heterocycles. The summed E-state index contributed by atoms with van der Waals surface area (Å²) in [5.41, 5.74) is 0. The van der Waals surface area contributed by atoms with Crippen molar-refractivity contribution >= 4 is 36.1 Å². The third-order valence-electron chi connectivity index (χ3n) is 4.97. The van der Waals surface area contributed by atoms with E-state index in [4.69, 9.17) is 10.8 Å². The van der Waals surface area contributed by atoms with Crippen LogP contribution in [0.3, 0.4) is 0 Å². The van der Waals surface area contributed by atoms with Crippen LogP contribution in [0, 0.1) is 16.7 Å². The molecule has 11 nitrogen and oxygen atoms in total. The number of aliphatic hydroxyl groups excluding tert-OH is 1. The Kier molecular flexibility index (Phi) is 11.3. The number of hydrogen-bond donors (Lipinski definition) is 3. The molecule has 2 rings (SSSR count). The zero-order valence-corrected chi connectivity index (χ0v) is 16.4. The van der Waals surface area contributed by atoms with Crippen molar-refractivity contribution in [2.75, 3.05) is 6.61 Å².